The molecule has 6 heteroatoms. The SMILES string of the molecule is O=C(O)c1ccc(CC(=O)N2CCOC(c3ccccc3Cl)C2)cc1. The molecule has 2 aromatic rings. The van der Waals surface area contributed by atoms with Crippen LogP contribution in [0.25, 0.3) is 0 Å². The van der Waals surface area contributed by atoms with Crippen LogP contribution in [0.2, 0.25) is 5.02 Å². The Morgan fingerprint density at radius 2 is 1.88 bits per heavy atom. The van der Waals surface area contributed by atoms with Crippen molar-refractivity contribution in [3.63, 3.8) is 0 Å². The molecule has 1 aliphatic heterocycles. The normalized spacial score (nSPS) is 17.3. The molecule has 1 N–H and O–H groups in total. The van der Waals surface area contributed by atoms with E-state index in [9.17, 15) is 9.59 Å². The van der Waals surface area contributed by atoms with Crippen LogP contribution in [0, 0.1) is 0 Å². The molecule has 1 aliphatic rings. The van der Waals surface area contributed by atoms with Gasteiger partial charge < -0.3 is 14.7 Å². The number of ether oxygens (including phenoxy) is 1. The lowest BCUT2D eigenvalue weighted by molar-refractivity contribution is -0.138. The van der Waals surface area contributed by atoms with Gasteiger partial charge in [-0.1, -0.05) is 41.9 Å². The van der Waals surface area contributed by atoms with E-state index in [0.717, 1.165) is 11.1 Å². The maximum Gasteiger partial charge on any atom is 0.335 e. The molecule has 1 heterocycles. The van der Waals surface area contributed by atoms with E-state index >= 15 is 0 Å². The fraction of sp³-hybridized carbons (Fsp3) is 0.263. The molecule has 130 valence electrons. The third kappa shape index (κ3) is 4.18. The first kappa shape index (κ1) is 17.5. The van der Waals surface area contributed by atoms with Crippen LogP contribution in [0.1, 0.15) is 27.6 Å². The first-order valence-corrected chi connectivity index (χ1v) is 8.38. The third-order valence-electron chi connectivity index (χ3n) is 4.23. The highest BCUT2D eigenvalue weighted by Crippen LogP contribution is 2.28. The summed E-state index contributed by atoms with van der Waals surface area (Å²) >= 11 is 6.22. The van der Waals surface area contributed by atoms with Gasteiger partial charge in [-0.3, -0.25) is 4.79 Å². The predicted molar refractivity (Wildman–Crippen MR) is 93.8 cm³/mol. The highest BCUT2D eigenvalue weighted by atomic mass is 35.5. The van der Waals surface area contributed by atoms with E-state index in [0.29, 0.717) is 24.7 Å². The summed E-state index contributed by atoms with van der Waals surface area (Å²) in [4.78, 5) is 25.2. The van der Waals surface area contributed by atoms with E-state index in [-0.39, 0.29) is 24.0 Å². The molecular formula is C19H18ClNO4. The summed E-state index contributed by atoms with van der Waals surface area (Å²) in [5.74, 6) is -0.989. The summed E-state index contributed by atoms with van der Waals surface area (Å²) in [5, 5.41) is 9.55. The van der Waals surface area contributed by atoms with Crippen molar-refractivity contribution in [1.29, 1.82) is 0 Å². The van der Waals surface area contributed by atoms with Crippen molar-refractivity contribution in [1.82, 2.24) is 4.90 Å². The quantitative estimate of drug-likeness (QED) is 0.910. The van der Waals surface area contributed by atoms with Gasteiger partial charge in [-0.25, -0.2) is 4.79 Å². The molecular weight excluding hydrogens is 342 g/mol. The van der Waals surface area contributed by atoms with Gasteiger partial charge in [0.1, 0.15) is 6.10 Å². The Morgan fingerprint density at radius 3 is 2.56 bits per heavy atom. The maximum atomic E-state index is 12.6. The van der Waals surface area contributed by atoms with Crippen LogP contribution in [-0.2, 0) is 16.0 Å². The standard InChI is InChI=1S/C19H18ClNO4/c20-16-4-2-1-3-15(16)17-12-21(9-10-25-17)18(22)11-13-5-7-14(8-6-13)19(23)24/h1-8,17H,9-12H2,(H,23,24). The first-order chi connectivity index (χ1) is 12.0. The van der Waals surface area contributed by atoms with Gasteiger partial charge in [0.15, 0.2) is 0 Å². The van der Waals surface area contributed by atoms with Crippen LogP contribution in [-0.4, -0.2) is 41.6 Å². The Kier molecular flexibility index (Phi) is 5.36. The molecule has 0 radical (unpaired) electrons. The van der Waals surface area contributed by atoms with E-state index in [1.54, 1.807) is 17.0 Å². The zero-order valence-corrected chi connectivity index (χ0v) is 14.3. The van der Waals surface area contributed by atoms with E-state index in [1.165, 1.54) is 12.1 Å². The van der Waals surface area contributed by atoms with Crippen molar-refractivity contribution in [2.75, 3.05) is 19.7 Å². The van der Waals surface area contributed by atoms with E-state index in [4.69, 9.17) is 21.4 Å². The molecule has 2 aromatic carbocycles. The number of hydrogen-bond acceptors (Lipinski definition) is 3. The van der Waals surface area contributed by atoms with Crippen molar-refractivity contribution in [2.45, 2.75) is 12.5 Å². The highest BCUT2D eigenvalue weighted by molar-refractivity contribution is 6.31. The van der Waals surface area contributed by atoms with Gasteiger partial charge in [-0.2, -0.15) is 0 Å². The molecule has 1 saturated heterocycles. The van der Waals surface area contributed by atoms with Crippen molar-refractivity contribution in [3.05, 3.63) is 70.2 Å². The third-order valence-corrected chi connectivity index (χ3v) is 4.57. The van der Waals surface area contributed by atoms with Gasteiger partial charge in [0.05, 0.1) is 25.1 Å². The van der Waals surface area contributed by atoms with Gasteiger partial charge >= 0.3 is 5.97 Å². The second kappa shape index (κ2) is 7.68. The van der Waals surface area contributed by atoms with Gasteiger partial charge in [0.2, 0.25) is 5.91 Å². The topological polar surface area (TPSA) is 66.8 Å². The number of aromatic carboxylic acids is 1. The van der Waals surface area contributed by atoms with Crippen molar-refractivity contribution < 1.29 is 19.4 Å². The number of morpholine rings is 1. The Bertz CT molecular complexity index is 775. The second-order valence-electron chi connectivity index (χ2n) is 5.90. The molecule has 25 heavy (non-hydrogen) atoms. The highest BCUT2D eigenvalue weighted by Gasteiger charge is 2.26. The summed E-state index contributed by atoms with van der Waals surface area (Å²) in [5.41, 5.74) is 1.88. The fourth-order valence-corrected chi connectivity index (χ4v) is 3.11. The summed E-state index contributed by atoms with van der Waals surface area (Å²) in [7, 11) is 0. The fourth-order valence-electron chi connectivity index (χ4n) is 2.85. The predicted octanol–water partition coefficient (Wildman–Crippen LogP) is 3.18. The zero-order chi connectivity index (χ0) is 17.8. The average Bonchev–Trinajstić information content (AvgIpc) is 2.62. The van der Waals surface area contributed by atoms with Crippen LogP contribution in [0.5, 0.6) is 0 Å². The van der Waals surface area contributed by atoms with Crippen LogP contribution < -0.4 is 0 Å². The van der Waals surface area contributed by atoms with E-state index in [1.807, 2.05) is 24.3 Å². The van der Waals surface area contributed by atoms with Crippen LogP contribution in [0.3, 0.4) is 0 Å². The molecule has 0 bridgehead atoms. The van der Waals surface area contributed by atoms with E-state index in [2.05, 4.69) is 0 Å². The van der Waals surface area contributed by atoms with Gasteiger partial charge in [0, 0.05) is 17.1 Å². The minimum atomic E-state index is -0.978. The molecule has 1 atom stereocenters. The number of carboxylic acids is 1. The van der Waals surface area contributed by atoms with Crippen molar-refractivity contribution in [3.8, 4) is 0 Å². The number of carbonyl (C=O) groups excluding carboxylic acids is 1. The monoisotopic (exact) mass is 359 g/mol. The smallest absolute Gasteiger partial charge is 0.335 e. The summed E-state index contributed by atoms with van der Waals surface area (Å²) in [6.45, 7) is 1.45. The van der Waals surface area contributed by atoms with Crippen LogP contribution in [0.15, 0.2) is 48.5 Å². The molecule has 3 rings (SSSR count). The van der Waals surface area contributed by atoms with Gasteiger partial charge in [-0.05, 0) is 23.8 Å². The zero-order valence-electron chi connectivity index (χ0n) is 13.5. The lowest BCUT2D eigenvalue weighted by Gasteiger charge is -2.33. The Balaban J connectivity index is 1.66. The number of carboxylic acid groups (broad SMARTS) is 1. The van der Waals surface area contributed by atoms with Gasteiger partial charge in [0.25, 0.3) is 0 Å². The summed E-state index contributed by atoms with van der Waals surface area (Å²) in [6.07, 6.45) is -0.00409. The number of halogens is 1. The number of carbonyl (C=O) groups is 2. The lowest BCUT2D eigenvalue weighted by Crippen LogP contribution is -2.43. The molecule has 0 aromatic heterocycles. The minimum absolute atomic E-state index is 0.0107. The van der Waals surface area contributed by atoms with Gasteiger partial charge in [-0.15, -0.1) is 0 Å². The maximum absolute atomic E-state index is 12.6. The number of hydrogen-bond donors (Lipinski definition) is 1. The Morgan fingerprint density at radius 1 is 1.16 bits per heavy atom. The number of nitrogens with zero attached hydrogens (tertiary/aromatic N) is 1. The average molecular weight is 360 g/mol. The lowest BCUT2D eigenvalue weighted by atomic mass is 10.1. The number of benzene rings is 2. The van der Waals surface area contributed by atoms with Crippen LogP contribution >= 0.6 is 11.6 Å². The molecule has 0 saturated carbocycles. The molecule has 0 aliphatic carbocycles. The molecule has 5 nitrogen and oxygen atoms in total. The van der Waals surface area contributed by atoms with E-state index < -0.39 is 5.97 Å². The number of rotatable bonds is 4. The second-order valence-corrected chi connectivity index (χ2v) is 6.31. The molecule has 1 fully saturated rings. The summed E-state index contributed by atoms with van der Waals surface area (Å²) < 4.78 is 5.77. The van der Waals surface area contributed by atoms with Crippen molar-refractivity contribution in [2.24, 2.45) is 0 Å². The largest absolute Gasteiger partial charge is 0.478 e. The van der Waals surface area contributed by atoms with Crippen LogP contribution in [0.4, 0.5) is 0 Å². The summed E-state index contributed by atoms with van der Waals surface area (Å²) in [6, 6.07) is 13.8. The molecule has 1 amide bonds. The minimum Gasteiger partial charge on any atom is -0.478 e. The Hall–Kier alpha value is -2.37. The number of amides is 1. The Labute approximate surface area is 150 Å². The molecule has 0 spiro atoms. The molecule has 1 unspecified atom stereocenters. The first-order valence-electron chi connectivity index (χ1n) is 8.00. The van der Waals surface area contributed by atoms with Crippen molar-refractivity contribution >= 4 is 23.5 Å².